The summed E-state index contributed by atoms with van der Waals surface area (Å²) in [6.07, 6.45) is 4.02. The number of pyridine rings is 1. The van der Waals surface area contributed by atoms with Crippen molar-refractivity contribution < 1.29 is 0 Å². The Morgan fingerprint density at radius 3 is 2.91 bits per heavy atom. The Labute approximate surface area is 128 Å². The maximum atomic E-state index is 12.2. The van der Waals surface area contributed by atoms with E-state index in [4.69, 9.17) is 0 Å². The summed E-state index contributed by atoms with van der Waals surface area (Å²) in [4.78, 5) is 19.1. The van der Waals surface area contributed by atoms with Crippen molar-refractivity contribution in [2.24, 2.45) is 0 Å². The van der Waals surface area contributed by atoms with Crippen LogP contribution in [0, 0.1) is 0 Å². The number of fused-ring (bicyclic) bond motifs is 2. The summed E-state index contributed by atoms with van der Waals surface area (Å²) in [5, 5.41) is 0. The molecule has 0 saturated carbocycles. The van der Waals surface area contributed by atoms with Crippen molar-refractivity contribution in [1.29, 1.82) is 0 Å². The normalized spacial score (nSPS) is 14.1. The Bertz CT molecular complexity index is 885. The van der Waals surface area contributed by atoms with E-state index in [-0.39, 0.29) is 5.56 Å². The average Bonchev–Trinajstić information content (AvgIpc) is 2.55. The predicted molar refractivity (Wildman–Crippen MR) is 87.3 cm³/mol. The van der Waals surface area contributed by atoms with E-state index in [1.165, 1.54) is 11.3 Å². The molecule has 0 atom stereocenters. The van der Waals surface area contributed by atoms with Crippen LogP contribution in [-0.4, -0.2) is 15.9 Å². The van der Waals surface area contributed by atoms with E-state index in [2.05, 4.69) is 34.1 Å². The van der Waals surface area contributed by atoms with Crippen LogP contribution in [0.1, 0.15) is 17.7 Å². The van der Waals surface area contributed by atoms with Gasteiger partial charge in [-0.1, -0.05) is 24.3 Å². The quantitative estimate of drug-likeness (QED) is 0.728. The third-order valence-corrected chi connectivity index (χ3v) is 4.18. The van der Waals surface area contributed by atoms with Crippen molar-refractivity contribution >= 4 is 11.3 Å². The van der Waals surface area contributed by atoms with Gasteiger partial charge in [0.2, 0.25) is 0 Å². The van der Waals surface area contributed by atoms with Gasteiger partial charge in [0.05, 0.1) is 12.2 Å². The van der Waals surface area contributed by atoms with E-state index in [1.807, 2.05) is 18.2 Å². The molecular weight excluding hydrogens is 274 g/mol. The number of aryl methyl sites for hydroxylation is 1. The Kier molecular flexibility index (Phi) is 3.15. The Balaban J connectivity index is 1.72. The second kappa shape index (κ2) is 5.30. The SMILES string of the molecule is O=c1cc(CN2CCCc3ccccc32)nc2ccccn12. The molecule has 1 aliphatic heterocycles. The Morgan fingerprint density at radius 1 is 1.09 bits per heavy atom. The van der Waals surface area contributed by atoms with E-state index < -0.39 is 0 Å². The molecule has 0 amide bonds. The van der Waals surface area contributed by atoms with Gasteiger partial charge in [0.15, 0.2) is 0 Å². The second-order valence-electron chi connectivity index (χ2n) is 5.67. The first kappa shape index (κ1) is 13.1. The molecule has 4 nitrogen and oxygen atoms in total. The number of nitrogens with zero attached hydrogens (tertiary/aromatic N) is 3. The first-order valence-corrected chi connectivity index (χ1v) is 7.61. The molecule has 2 aromatic heterocycles. The molecule has 0 fully saturated rings. The van der Waals surface area contributed by atoms with Crippen LogP contribution < -0.4 is 10.5 Å². The molecule has 0 aliphatic carbocycles. The van der Waals surface area contributed by atoms with Crippen LogP contribution in [0.4, 0.5) is 5.69 Å². The lowest BCUT2D eigenvalue weighted by Crippen LogP contribution is -2.30. The highest BCUT2D eigenvalue weighted by Gasteiger charge is 2.17. The minimum absolute atomic E-state index is 0.0223. The molecule has 4 heteroatoms. The largest absolute Gasteiger partial charge is 0.365 e. The van der Waals surface area contributed by atoms with E-state index in [9.17, 15) is 4.79 Å². The van der Waals surface area contributed by atoms with Gasteiger partial charge >= 0.3 is 0 Å². The molecule has 3 aromatic rings. The molecule has 0 spiro atoms. The Hall–Kier alpha value is -2.62. The topological polar surface area (TPSA) is 37.6 Å². The zero-order valence-corrected chi connectivity index (χ0v) is 12.3. The first-order valence-electron chi connectivity index (χ1n) is 7.61. The summed E-state index contributed by atoms with van der Waals surface area (Å²) in [5.41, 5.74) is 4.16. The highest BCUT2D eigenvalue weighted by atomic mass is 16.1. The van der Waals surface area contributed by atoms with Gasteiger partial charge in [-0.05, 0) is 36.6 Å². The molecule has 0 radical (unpaired) electrons. The fraction of sp³-hybridized carbons (Fsp3) is 0.222. The van der Waals surface area contributed by atoms with Crippen molar-refractivity contribution in [3.63, 3.8) is 0 Å². The van der Waals surface area contributed by atoms with Crippen LogP contribution in [0.15, 0.2) is 59.5 Å². The lowest BCUT2D eigenvalue weighted by Gasteiger charge is -2.31. The Morgan fingerprint density at radius 2 is 1.95 bits per heavy atom. The third-order valence-electron chi connectivity index (χ3n) is 4.18. The van der Waals surface area contributed by atoms with Gasteiger partial charge in [0.25, 0.3) is 5.56 Å². The van der Waals surface area contributed by atoms with Gasteiger partial charge in [-0.2, -0.15) is 0 Å². The molecule has 1 aliphatic rings. The van der Waals surface area contributed by atoms with E-state index in [0.717, 1.165) is 25.1 Å². The standard InChI is InChI=1S/C18H17N3O/c22-18-12-15(19-17-9-3-4-11-21(17)18)13-20-10-5-7-14-6-1-2-8-16(14)20/h1-4,6,8-9,11-12H,5,7,10,13H2. The maximum Gasteiger partial charge on any atom is 0.258 e. The summed E-state index contributed by atoms with van der Waals surface area (Å²) in [6.45, 7) is 1.69. The van der Waals surface area contributed by atoms with Gasteiger partial charge in [0, 0.05) is 24.5 Å². The molecular formula is C18H17N3O. The maximum absolute atomic E-state index is 12.2. The number of aromatic nitrogens is 2. The molecule has 3 heterocycles. The highest BCUT2D eigenvalue weighted by molar-refractivity contribution is 5.55. The summed E-state index contributed by atoms with van der Waals surface area (Å²) < 4.78 is 1.58. The summed E-state index contributed by atoms with van der Waals surface area (Å²) >= 11 is 0. The fourth-order valence-corrected chi connectivity index (χ4v) is 3.16. The third kappa shape index (κ3) is 2.26. The van der Waals surface area contributed by atoms with E-state index >= 15 is 0 Å². The van der Waals surface area contributed by atoms with Crippen LogP contribution in [-0.2, 0) is 13.0 Å². The van der Waals surface area contributed by atoms with Crippen LogP contribution >= 0.6 is 0 Å². The molecule has 1 aromatic carbocycles. The molecule has 110 valence electrons. The first-order chi connectivity index (χ1) is 10.8. The van der Waals surface area contributed by atoms with Crippen molar-refractivity contribution in [2.45, 2.75) is 19.4 Å². The second-order valence-corrected chi connectivity index (χ2v) is 5.67. The molecule has 22 heavy (non-hydrogen) atoms. The van der Waals surface area contributed by atoms with Gasteiger partial charge in [0.1, 0.15) is 5.65 Å². The molecule has 0 N–H and O–H groups in total. The summed E-state index contributed by atoms with van der Waals surface area (Å²) in [6, 6.07) is 15.8. The molecule has 0 bridgehead atoms. The lowest BCUT2D eigenvalue weighted by molar-refractivity contribution is 0.683. The number of hydrogen-bond donors (Lipinski definition) is 0. The van der Waals surface area contributed by atoms with Crippen molar-refractivity contribution in [1.82, 2.24) is 9.38 Å². The van der Waals surface area contributed by atoms with Gasteiger partial charge < -0.3 is 4.90 Å². The van der Waals surface area contributed by atoms with Gasteiger partial charge in [-0.3, -0.25) is 9.20 Å². The fourth-order valence-electron chi connectivity index (χ4n) is 3.16. The number of anilines is 1. The van der Waals surface area contributed by atoms with Crippen molar-refractivity contribution in [3.8, 4) is 0 Å². The molecule has 0 saturated heterocycles. The van der Waals surface area contributed by atoms with Crippen LogP contribution in [0.2, 0.25) is 0 Å². The minimum Gasteiger partial charge on any atom is -0.365 e. The van der Waals surface area contributed by atoms with Crippen LogP contribution in [0.5, 0.6) is 0 Å². The van der Waals surface area contributed by atoms with Gasteiger partial charge in [-0.15, -0.1) is 0 Å². The zero-order chi connectivity index (χ0) is 14.9. The predicted octanol–water partition coefficient (Wildman–Crippen LogP) is 2.65. The number of rotatable bonds is 2. The molecule has 4 rings (SSSR count). The summed E-state index contributed by atoms with van der Waals surface area (Å²) in [7, 11) is 0. The highest BCUT2D eigenvalue weighted by Crippen LogP contribution is 2.27. The summed E-state index contributed by atoms with van der Waals surface area (Å²) in [5.74, 6) is 0. The minimum atomic E-state index is -0.0223. The van der Waals surface area contributed by atoms with E-state index in [1.54, 1.807) is 16.7 Å². The smallest absolute Gasteiger partial charge is 0.258 e. The van der Waals surface area contributed by atoms with Crippen molar-refractivity contribution in [2.75, 3.05) is 11.4 Å². The lowest BCUT2D eigenvalue weighted by atomic mass is 10.0. The molecule has 0 unspecified atom stereocenters. The van der Waals surface area contributed by atoms with Crippen LogP contribution in [0.25, 0.3) is 5.65 Å². The van der Waals surface area contributed by atoms with Crippen LogP contribution in [0.3, 0.4) is 0 Å². The monoisotopic (exact) mass is 291 g/mol. The number of hydrogen-bond acceptors (Lipinski definition) is 3. The van der Waals surface area contributed by atoms with Crippen molar-refractivity contribution in [3.05, 3.63) is 76.3 Å². The number of benzene rings is 1. The van der Waals surface area contributed by atoms with E-state index in [0.29, 0.717) is 12.2 Å². The average molecular weight is 291 g/mol. The zero-order valence-electron chi connectivity index (χ0n) is 12.3. The number of para-hydroxylation sites is 1. The van der Waals surface area contributed by atoms with Gasteiger partial charge in [-0.25, -0.2) is 4.98 Å².